The van der Waals surface area contributed by atoms with E-state index >= 15 is 0 Å². The molecule has 0 spiro atoms. The summed E-state index contributed by atoms with van der Waals surface area (Å²) in [4.78, 5) is 5.61. The Morgan fingerprint density at radius 3 is 1.23 bits per heavy atom. The number of rotatable bonds is 7. The molecule has 0 aliphatic carbocycles. The Morgan fingerprint density at radius 1 is 0.590 bits per heavy atom. The van der Waals surface area contributed by atoms with E-state index in [9.17, 15) is 0 Å². The van der Waals surface area contributed by atoms with Crippen molar-refractivity contribution in [3.63, 3.8) is 0 Å². The van der Waals surface area contributed by atoms with Crippen molar-refractivity contribution in [1.29, 1.82) is 0 Å². The van der Waals surface area contributed by atoms with Gasteiger partial charge in [0.15, 0.2) is 0 Å². The molecule has 39 heavy (non-hydrogen) atoms. The lowest BCUT2D eigenvalue weighted by Gasteiger charge is -2.32. The van der Waals surface area contributed by atoms with Gasteiger partial charge in [0.2, 0.25) is 0 Å². The van der Waals surface area contributed by atoms with Crippen molar-refractivity contribution in [3.8, 4) is 0 Å². The van der Waals surface area contributed by atoms with Gasteiger partial charge in [0.25, 0.3) is 0 Å². The molecule has 2 aliphatic heterocycles. The maximum absolute atomic E-state index is 2.81. The van der Waals surface area contributed by atoms with Gasteiger partial charge in [-0.15, -0.1) is 0 Å². The minimum Gasteiger partial charge on any atom is -0.321 e. The van der Waals surface area contributed by atoms with Crippen LogP contribution in [0, 0.1) is 0 Å². The lowest BCUT2D eigenvalue weighted by molar-refractivity contribution is 0.821. The maximum atomic E-state index is 2.81. The number of para-hydroxylation sites is 2. The zero-order valence-electron chi connectivity index (χ0n) is 25.8. The first-order valence-corrected chi connectivity index (χ1v) is 23.0. The van der Waals surface area contributed by atoms with Crippen molar-refractivity contribution in [2.45, 2.75) is 105 Å². The molecule has 0 radical (unpaired) electrons. The minimum atomic E-state index is 0.127. The fourth-order valence-electron chi connectivity index (χ4n) is 6.07. The van der Waals surface area contributed by atoms with Crippen LogP contribution >= 0.6 is 28.2 Å². The summed E-state index contributed by atoms with van der Waals surface area (Å²) in [7, 11) is 1.66. The van der Waals surface area contributed by atoms with Crippen molar-refractivity contribution in [2.24, 2.45) is 0 Å². The Bertz CT molecular complexity index is 1260. The van der Waals surface area contributed by atoms with E-state index in [0.717, 1.165) is 13.1 Å². The van der Waals surface area contributed by atoms with Crippen molar-refractivity contribution in [1.82, 2.24) is 0 Å². The smallest absolute Gasteiger partial charge is 0.146 e. The van der Waals surface area contributed by atoms with Crippen LogP contribution in [0.1, 0.15) is 115 Å². The third kappa shape index (κ3) is 5.54. The van der Waals surface area contributed by atoms with Gasteiger partial charge in [0, 0.05) is 44.7 Å². The molecule has 5 rings (SSSR count). The van der Waals surface area contributed by atoms with Crippen LogP contribution in [0.15, 0.2) is 47.5 Å². The highest BCUT2D eigenvalue weighted by Gasteiger charge is 2.36. The molecule has 2 nitrogen and oxygen atoms in total. The monoisotopic (exact) mass is 596 g/mol. The van der Waals surface area contributed by atoms with E-state index < -0.39 is 0 Å². The van der Waals surface area contributed by atoms with Gasteiger partial charge in [-0.2, -0.15) is 0 Å². The Hall–Kier alpha value is -1.15. The summed E-state index contributed by atoms with van der Waals surface area (Å²) in [6, 6.07) is 14.2. The third-order valence-corrected chi connectivity index (χ3v) is 34.7. The van der Waals surface area contributed by atoms with Crippen LogP contribution in [0.5, 0.6) is 0 Å². The van der Waals surface area contributed by atoms with Crippen LogP contribution in [-0.2, 0) is 12.3 Å². The van der Waals surface area contributed by atoms with Gasteiger partial charge in [0.1, 0.15) is 5.54 Å². The zero-order chi connectivity index (χ0) is 28.2. The highest BCUT2D eigenvalue weighted by molar-refractivity contribution is 8.86. The lowest BCUT2D eigenvalue weighted by atomic mass is 9.92. The molecule has 2 aliphatic rings. The number of benzene rings is 2. The average Bonchev–Trinajstić information content (AvgIpc) is 3.36. The Kier molecular flexibility index (Phi) is 8.74. The largest absolute Gasteiger partial charge is 0.321 e. The third-order valence-electron chi connectivity index (χ3n) is 8.57. The molecule has 0 saturated carbocycles. The first-order chi connectivity index (χ1) is 18.5. The summed E-state index contributed by atoms with van der Waals surface area (Å²) in [5.41, 5.74) is 14.1. The van der Waals surface area contributed by atoms with Gasteiger partial charge in [-0.05, 0) is 66.3 Å². The SMILES string of the molecule is CC1=C(C)Cp2p(p2P=C2N(c3c(C(C)C)cccc3C(C)C)CCN2c2c(C(C)C)cccc2C(C)C)C1. The Labute approximate surface area is 242 Å². The molecule has 0 amide bonds. The lowest BCUT2D eigenvalue weighted by Crippen LogP contribution is -2.34. The van der Waals surface area contributed by atoms with E-state index in [-0.39, 0.29) is 20.4 Å². The second-order valence-corrected chi connectivity index (χ2v) is 30.8. The predicted molar refractivity (Wildman–Crippen MR) is 184 cm³/mol. The first-order valence-electron chi connectivity index (χ1n) is 14.9. The molecule has 2 unspecified atom stereocenters. The molecule has 1 saturated heterocycles. The minimum absolute atomic E-state index is 0.127. The highest BCUT2D eigenvalue weighted by Crippen LogP contribution is 2.95. The summed E-state index contributed by atoms with van der Waals surface area (Å²) < 4.78 is 0. The van der Waals surface area contributed by atoms with E-state index in [1.165, 1.54) is 46.0 Å². The summed E-state index contributed by atoms with van der Waals surface area (Å²) in [5, 5.41) is 0. The Morgan fingerprint density at radius 2 is 0.923 bits per heavy atom. The van der Waals surface area contributed by atoms with Crippen molar-refractivity contribution < 1.29 is 0 Å². The van der Waals surface area contributed by atoms with Crippen LogP contribution in [-0.4, -0.2) is 18.6 Å². The summed E-state index contributed by atoms with van der Waals surface area (Å²) in [6.07, 6.45) is 2.86. The molecule has 3 heterocycles. The molecular formula is C33H48N2P4. The number of nitrogens with zero attached hydrogens (tertiary/aromatic N) is 2. The van der Waals surface area contributed by atoms with E-state index in [1.807, 2.05) is 0 Å². The van der Waals surface area contributed by atoms with Gasteiger partial charge < -0.3 is 9.80 Å². The van der Waals surface area contributed by atoms with Crippen LogP contribution in [0.25, 0.3) is 0 Å². The summed E-state index contributed by atoms with van der Waals surface area (Å²) in [5.74, 6) is 2.05. The molecule has 0 N–H and O–H groups in total. The van der Waals surface area contributed by atoms with Crippen molar-refractivity contribution in [2.75, 3.05) is 22.9 Å². The summed E-state index contributed by atoms with van der Waals surface area (Å²) in [6.45, 7) is 26.7. The average molecular weight is 597 g/mol. The second-order valence-electron chi connectivity index (χ2n) is 12.8. The molecule has 3 aromatic rings. The van der Waals surface area contributed by atoms with E-state index in [4.69, 9.17) is 0 Å². The maximum Gasteiger partial charge on any atom is 0.146 e. The molecule has 1 aromatic heterocycles. The first kappa shape index (κ1) is 29.3. The topological polar surface area (TPSA) is 6.48 Å². The van der Waals surface area contributed by atoms with Gasteiger partial charge >= 0.3 is 0 Å². The van der Waals surface area contributed by atoms with Gasteiger partial charge in [-0.3, -0.25) is 0 Å². The van der Waals surface area contributed by atoms with Crippen molar-refractivity contribution in [3.05, 3.63) is 69.8 Å². The molecule has 6 heteroatoms. The molecular weight excluding hydrogens is 548 g/mol. The van der Waals surface area contributed by atoms with E-state index in [2.05, 4.69) is 115 Å². The second kappa shape index (κ2) is 11.6. The van der Waals surface area contributed by atoms with Crippen LogP contribution in [0.2, 0.25) is 0 Å². The summed E-state index contributed by atoms with van der Waals surface area (Å²) >= 11 is 0. The van der Waals surface area contributed by atoms with Crippen LogP contribution < -0.4 is 9.80 Å². The van der Waals surface area contributed by atoms with Crippen LogP contribution in [0.3, 0.4) is 0 Å². The van der Waals surface area contributed by atoms with Crippen molar-refractivity contribution >= 4 is 45.2 Å². The van der Waals surface area contributed by atoms with Gasteiger partial charge in [-0.1, -0.05) is 117 Å². The molecule has 210 valence electrons. The zero-order valence-corrected chi connectivity index (χ0v) is 29.4. The number of hydrogen-bond donors (Lipinski definition) is 0. The normalized spacial score (nSPS) is 17.8. The highest BCUT2D eigenvalue weighted by atomic mass is 32.8. The van der Waals surface area contributed by atoms with Crippen LogP contribution in [0.4, 0.5) is 11.4 Å². The molecule has 2 atom stereocenters. The molecule has 0 bridgehead atoms. The predicted octanol–water partition coefficient (Wildman–Crippen LogP) is 12.3. The van der Waals surface area contributed by atoms with Gasteiger partial charge in [-0.25, -0.2) is 0 Å². The van der Waals surface area contributed by atoms with Gasteiger partial charge in [0.05, 0.1) is 0 Å². The van der Waals surface area contributed by atoms with E-state index in [1.54, 1.807) is 24.6 Å². The Balaban J connectivity index is 1.72. The molecule has 1 fully saturated rings. The van der Waals surface area contributed by atoms with E-state index in [0.29, 0.717) is 23.7 Å². The fourth-order valence-corrected chi connectivity index (χ4v) is 38.5. The quantitative estimate of drug-likeness (QED) is 0.198. The fraction of sp³-hybridized carbons (Fsp3) is 0.545. The number of allylic oxidation sites excluding steroid dienone is 2. The standard InChI is InChI=1S/C33H48N2P4/c1-21(2)27-13-11-14-28(22(3)4)31(27)34-17-18-35(32-29(23(5)6)15-12-16-30(32)24(7)8)33(34)36-39-37-19-25(9)26(10)20-38(37)39/h11-16,21-24H,17-20H2,1-10H3. The number of hydrogen-bond acceptors (Lipinski definition) is 0. The number of fused-ring (bicyclic) bond motifs is 1. The number of anilines is 2. The molecule has 2 aromatic carbocycles.